The minimum Gasteiger partial charge on any atom is -0.494 e. The van der Waals surface area contributed by atoms with Crippen LogP contribution in [0.15, 0.2) is 84.9 Å². The number of ether oxygens (including phenoxy) is 4. The first-order valence-electron chi connectivity index (χ1n) is 11.4. The molecule has 2 aromatic carbocycles. The Kier molecular flexibility index (Phi) is 11.5. The van der Waals surface area contributed by atoms with Gasteiger partial charge < -0.3 is 24.3 Å². The number of hydrogen-bond acceptors (Lipinski definition) is 8. The third-order valence-electron chi connectivity index (χ3n) is 4.78. The van der Waals surface area contributed by atoms with E-state index in [9.17, 15) is 14.4 Å². The molecule has 0 amide bonds. The number of nitrogens with one attached hydrogen (secondary N) is 1. The maximum Gasteiger partial charge on any atom is 0.343 e. The minimum atomic E-state index is -0.521. The molecule has 2 aromatic rings. The fraction of sp³-hybridized carbons (Fsp3) is 0.250. The van der Waals surface area contributed by atoms with Crippen LogP contribution in [0.1, 0.15) is 47.4 Å². The van der Waals surface area contributed by atoms with Crippen LogP contribution in [0.5, 0.6) is 5.75 Å². The van der Waals surface area contributed by atoms with Crippen LogP contribution in [0.25, 0.3) is 0 Å². The summed E-state index contributed by atoms with van der Waals surface area (Å²) in [5.41, 5.74) is 1.68. The molecule has 0 atom stereocenters. The normalized spacial score (nSPS) is 11.3. The molecule has 0 fully saturated rings. The molecule has 0 unspecified atom stereocenters. The maximum absolute atomic E-state index is 12.4. The smallest absolute Gasteiger partial charge is 0.343 e. The molecule has 190 valence electrons. The number of esters is 3. The van der Waals surface area contributed by atoms with E-state index in [1.54, 1.807) is 81.6 Å². The number of hydrogen-bond donors (Lipinski definition) is 1. The first-order valence-corrected chi connectivity index (χ1v) is 11.4. The standard InChI is InChI=1S/C28H31NO7/c1-5-26(30)34-19-7-6-18-33-25-16-12-23(13-17-25)28(32)36-21(3)9-8-20(2)35-27(31)22-10-14-24(29-4)15-11-22/h5,8-17,29H,1,6-7,18-19H2,2-4H3/b20-8+,21-9+. The van der Waals surface area contributed by atoms with Gasteiger partial charge in [-0.2, -0.15) is 0 Å². The highest BCUT2D eigenvalue weighted by molar-refractivity contribution is 5.91. The molecule has 0 spiro atoms. The maximum atomic E-state index is 12.4. The Bertz CT molecular complexity index is 1100. The summed E-state index contributed by atoms with van der Waals surface area (Å²) in [5.74, 6) is -0.132. The van der Waals surface area contributed by atoms with Crippen molar-refractivity contribution in [1.29, 1.82) is 0 Å². The van der Waals surface area contributed by atoms with Crippen LogP contribution < -0.4 is 10.1 Å². The third kappa shape index (κ3) is 9.89. The van der Waals surface area contributed by atoms with Crippen molar-refractivity contribution in [3.63, 3.8) is 0 Å². The summed E-state index contributed by atoms with van der Waals surface area (Å²) in [7, 11) is 1.80. The molecule has 0 bridgehead atoms. The highest BCUT2D eigenvalue weighted by Crippen LogP contribution is 2.15. The van der Waals surface area contributed by atoms with Gasteiger partial charge in [0.25, 0.3) is 0 Å². The Labute approximate surface area is 211 Å². The summed E-state index contributed by atoms with van der Waals surface area (Å²) in [5, 5.41) is 2.98. The van der Waals surface area contributed by atoms with Gasteiger partial charge in [-0.25, -0.2) is 14.4 Å². The lowest BCUT2D eigenvalue weighted by molar-refractivity contribution is -0.137. The SMILES string of the molecule is C=CC(=O)OCCCCOc1ccc(C(=O)O/C(C)=C/C=C(\C)OC(=O)c2ccc(NC)cc2)cc1. The van der Waals surface area contributed by atoms with E-state index in [0.717, 1.165) is 11.8 Å². The topological polar surface area (TPSA) is 100 Å². The monoisotopic (exact) mass is 493 g/mol. The van der Waals surface area contributed by atoms with Crippen LogP contribution in [0.4, 0.5) is 5.69 Å². The van der Waals surface area contributed by atoms with Crippen molar-refractivity contribution in [1.82, 2.24) is 0 Å². The molecular formula is C28H31NO7. The van der Waals surface area contributed by atoms with Crippen LogP contribution in [-0.2, 0) is 19.0 Å². The van der Waals surface area contributed by atoms with Crippen molar-refractivity contribution in [2.75, 3.05) is 25.6 Å². The van der Waals surface area contributed by atoms with Crippen LogP contribution in [0, 0.1) is 0 Å². The van der Waals surface area contributed by atoms with Crippen molar-refractivity contribution in [2.45, 2.75) is 26.7 Å². The van der Waals surface area contributed by atoms with Crippen molar-refractivity contribution in [2.24, 2.45) is 0 Å². The average Bonchev–Trinajstić information content (AvgIpc) is 2.89. The van der Waals surface area contributed by atoms with Gasteiger partial charge in [-0.15, -0.1) is 0 Å². The van der Waals surface area contributed by atoms with E-state index in [-0.39, 0.29) is 0 Å². The van der Waals surface area contributed by atoms with Gasteiger partial charge in [-0.1, -0.05) is 6.58 Å². The van der Waals surface area contributed by atoms with Crippen LogP contribution in [-0.4, -0.2) is 38.2 Å². The molecule has 1 N–H and O–H groups in total. The van der Waals surface area contributed by atoms with Gasteiger partial charge in [0.15, 0.2) is 0 Å². The fourth-order valence-corrected chi connectivity index (χ4v) is 2.80. The zero-order valence-electron chi connectivity index (χ0n) is 20.7. The lowest BCUT2D eigenvalue weighted by Crippen LogP contribution is -2.05. The fourth-order valence-electron chi connectivity index (χ4n) is 2.80. The molecule has 0 aliphatic rings. The van der Waals surface area contributed by atoms with E-state index in [0.29, 0.717) is 54.5 Å². The number of anilines is 1. The number of allylic oxidation sites excluding steroid dienone is 4. The lowest BCUT2D eigenvalue weighted by atomic mass is 10.2. The highest BCUT2D eigenvalue weighted by atomic mass is 16.5. The Balaban J connectivity index is 1.78. The first kappa shape index (κ1) is 27.9. The molecule has 8 heteroatoms. The van der Waals surface area contributed by atoms with Crippen LogP contribution in [0.3, 0.4) is 0 Å². The van der Waals surface area contributed by atoms with Crippen molar-refractivity contribution >= 4 is 23.6 Å². The molecule has 0 saturated carbocycles. The molecule has 0 saturated heterocycles. The summed E-state index contributed by atoms with van der Waals surface area (Å²) >= 11 is 0. The molecular weight excluding hydrogens is 462 g/mol. The quantitative estimate of drug-likeness (QED) is 0.0984. The Morgan fingerprint density at radius 2 is 1.31 bits per heavy atom. The molecule has 0 radical (unpaired) electrons. The predicted molar refractivity (Wildman–Crippen MR) is 137 cm³/mol. The summed E-state index contributed by atoms with van der Waals surface area (Å²) in [4.78, 5) is 35.5. The van der Waals surface area contributed by atoms with Crippen molar-refractivity contribution < 1.29 is 33.3 Å². The van der Waals surface area contributed by atoms with Gasteiger partial charge in [0.1, 0.15) is 17.3 Å². The Morgan fingerprint density at radius 1 is 0.806 bits per heavy atom. The summed E-state index contributed by atoms with van der Waals surface area (Å²) in [6.45, 7) is 7.37. The number of unbranched alkanes of at least 4 members (excludes halogenated alkanes) is 1. The van der Waals surface area contributed by atoms with E-state index < -0.39 is 17.9 Å². The minimum absolute atomic E-state index is 0.313. The van der Waals surface area contributed by atoms with Gasteiger partial charge in [-0.3, -0.25) is 0 Å². The van der Waals surface area contributed by atoms with Crippen LogP contribution >= 0.6 is 0 Å². The van der Waals surface area contributed by atoms with Gasteiger partial charge in [0.2, 0.25) is 0 Å². The predicted octanol–water partition coefficient (Wildman–Crippen LogP) is 5.44. The number of carbonyl (C=O) groups is 3. The molecule has 2 rings (SSSR count). The summed E-state index contributed by atoms with van der Waals surface area (Å²) < 4.78 is 21.2. The van der Waals surface area contributed by atoms with E-state index in [1.165, 1.54) is 0 Å². The van der Waals surface area contributed by atoms with Crippen molar-refractivity contribution in [3.05, 3.63) is 96.0 Å². The highest BCUT2D eigenvalue weighted by Gasteiger charge is 2.10. The first-order chi connectivity index (χ1) is 17.3. The second-order valence-corrected chi connectivity index (χ2v) is 7.61. The van der Waals surface area contributed by atoms with E-state index in [1.807, 2.05) is 0 Å². The number of rotatable bonds is 13. The zero-order valence-corrected chi connectivity index (χ0v) is 20.7. The molecule has 8 nitrogen and oxygen atoms in total. The number of carbonyl (C=O) groups excluding carboxylic acids is 3. The third-order valence-corrected chi connectivity index (χ3v) is 4.78. The molecule has 0 aliphatic heterocycles. The summed E-state index contributed by atoms with van der Waals surface area (Å²) in [6, 6.07) is 13.5. The Hall–Kier alpha value is -4.33. The lowest BCUT2D eigenvalue weighted by Gasteiger charge is -2.08. The van der Waals surface area contributed by atoms with Gasteiger partial charge in [0.05, 0.1) is 24.3 Å². The van der Waals surface area contributed by atoms with E-state index >= 15 is 0 Å². The van der Waals surface area contributed by atoms with E-state index in [4.69, 9.17) is 18.9 Å². The second-order valence-electron chi connectivity index (χ2n) is 7.61. The zero-order chi connectivity index (χ0) is 26.3. The van der Waals surface area contributed by atoms with Gasteiger partial charge in [0, 0.05) is 18.8 Å². The summed E-state index contributed by atoms with van der Waals surface area (Å²) in [6.07, 6.45) is 5.61. The molecule has 36 heavy (non-hydrogen) atoms. The van der Waals surface area contributed by atoms with Gasteiger partial charge in [-0.05, 0) is 87.4 Å². The molecule has 0 heterocycles. The molecule has 0 aliphatic carbocycles. The average molecular weight is 494 g/mol. The van der Waals surface area contributed by atoms with E-state index in [2.05, 4.69) is 11.9 Å². The van der Waals surface area contributed by atoms with Gasteiger partial charge >= 0.3 is 17.9 Å². The molecule has 0 aromatic heterocycles. The Morgan fingerprint density at radius 3 is 1.81 bits per heavy atom. The second kappa shape index (κ2) is 14.8. The number of benzene rings is 2. The van der Waals surface area contributed by atoms with Crippen LogP contribution in [0.2, 0.25) is 0 Å². The largest absolute Gasteiger partial charge is 0.494 e. The van der Waals surface area contributed by atoms with Crippen molar-refractivity contribution in [3.8, 4) is 5.75 Å².